The number of aliphatic hydroxyl groups is 3. The van der Waals surface area contributed by atoms with Crippen molar-refractivity contribution in [3.63, 3.8) is 0 Å². The number of hydrogen-bond acceptors (Lipinski definition) is 3. The third-order valence-corrected chi connectivity index (χ3v) is 5.82. The lowest BCUT2D eigenvalue weighted by Crippen LogP contribution is -2.26. The minimum Gasteiger partial charge on any atom is -0.393 e. The molecule has 0 aliphatic heterocycles. The molecule has 2 rings (SSSR count). The third kappa shape index (κ3) is 8.22. The second-order valence-electron chi connectivity index (χ2n) is 9.34. The average Bonchev–Trinajstić information content (AvgIpc) is 2.67. The molecular weight excluding hydrogens is 372 g/mol. The molecular formula is C27H40O3. The van der Waals surface area contributed by atoms with E-state index in [4.69, 9.17) is 0 Å². The van der Waals surface area contributed by atoms with E-state index in [0.717, 1.165) is 56.1 Å². The zero-order chi connectivity index (χ0) is 22.1. The van der Waals surface area contributed by atoms with Gasteiger partial charge in [0.25, 0.3) is 0 Å². The monoisotopic (exact) mass is 412 g/mol. The molecule has 3 N–H and O–H groups in total. The molecule has 1 aromatic rings. The molecule has 2 atom stereocenters. The minimum atomic E-state index is -0.650. The SMILES string of the molecule is C=C1C(=CC=C(CCC)c2cccc(CCCCCC(C)(C)O)c2)CC(O)CC1O. The van der Waals surface area contributed by atoms with Gasteiger partial charge in [0.2, 0.25) is 0 Å². The number of hydrogen-bond donors (Lipinski definition) is 3. The molecule has 1 aliphatic carbocycles. The van der Waals surface area contributed by atoms with E-state index < -0.39 is 17.8 Å². The summed E-state index contributed by atoms with van der Waals surface area (Å²) in [5, 5.41) is 29.9. The zero-order valence-electron chi connectivity index (χ0n) is 19.0. The van der Waals surface area contributed by atoms with Crippen molar-refractivity contribution in [2.75, 3.05) is 0 Å². The first-order valence-electron chi connectivity index (χ1n) is 11.5. The summed E-state index contributed by atoms with van der Waals surface area (Å²) in [5.41, 5.74) is 4.97. The van der Waals surface area contributed by atoms with Gasteiger partial charge in [0.15, 0.2) is 0 Å². The molecule has 2 unspecified atom stereocenters. The van der Waals surface area contributed by atoms with Crippen molar-refractivity contribution in [2.24, 2.45) is 0 Å². The van der Waals surface area contributed by atoms with Gasteiger partial charge in [-0.15, -0.1) is 0 Å². The molecule has 0 bridgehead atoms. The third-order valence-electron chi connectivity index (χ3n) is 5.82. The maximum absolute atomic E-state index is 10.1. The van der Waals surface area contributed by atoms with E-state index in [0.29, 0.717) is 12.8 Å². The van der Waals surface area contributed by atoms with Crippen LogP contribution in [0.3, 0.4) is 0 Å². The molecule has 1 aliphatic rings. The summed E-state index contributed by atoms with van der Waals surface area (Å²) in [4.78, 5) is 0. The molecule has 0 radical (unpaired) electrons. The molecule has 0 amide bonds. The number of aliphatic hydroxyl groups excluding tert-OH is 2. The summed E-state index contributed by atoms with van der Waals surface area (Å²) in [6, 6.07) is 8.77. The summed E-state index contributed by atoms with van der Waals surface area (Å²) in [5.74, 6) is 0. The lowest BCUT2D eigenvalue weighted by atomic mass is 9.85. The first-order chi connectivity index (χ1) is 14.2. The van der Waals surface area contributed by atoms with Gasteiger partial charge >= 0.3 is 0 Å². The van der Waals surface area contributed by atoms with Crippen LogP contribution in [-0.4, -0.2) is 33.1 Å². The predicted molar refractivity (Wildman–Crippen MR) is 126 cm³/mol. The van der Waals surface area contributed by atoms with Gasteiger partial charge in [0, 0.05) is 6.42 Å². The highest BCUT2D eigenvalue weighted by molar-refractivity contribution is 5.68. The summed E-state index contributed by atoms with van der Waals surface area (Å²) < 4.78 is 0. The Morgan fingerprint density at radius 3 is 2.67 bits per heavy atom. The highest BCUT2D eigenvalue weighted by Gasteiger charge is 2.24. The summed E-state index contributed by atoms with van der Waals surface area (Å²) in [6.07, 6.45) is 11.2. The molecule has 0 heterocycles. The fourth-order valence-electron chi connectivity index (χ4n) is 4.04. The first-order valence-corrected chi connectivity index (χ1v) is 11.5. The Bertz CT molecular complexity index is 752. The summed E-state index contributed by atoms with van der Waals surface area (Å²) in [7, 11) is 0. The Balaban J connectivity index is 2.06. The number of unbranched alkanes of at least 4 members (excludes halogenated alkanes) is 2. The van der Waals surface area contributed by atoms with Crippen LogP contribution in [-0.2, 0) is 6.42 Å². The molecule has 0 spiro atoms. The number of benzene rings is 1. The van der Waals surface area contributed by atoms with E-state index in [2.05, 4.69) is 43.8 Å². The molecule has 0 aromatic heterocycles. The van der Waals surface area contributed by atoms with Crippen LogP contribution in [0.2, 0.25) is 0 Å². The van der Waals surface area contributed by atoms with Crippen LogP contribution >= 0.6 is 0 Å². The van der Waals surface area contributed by atoms with Gasteiger partial charge in [-0.05, 0) is 73.8 Å². The molecule has 1 fully saturated rings. The minimum absolute atomic E-state index is 0.375. The molecule has 1 aromatic carbocycles. The maximum atomic E-state index is 10.1. The van der Waals surface area contributed by atoms with Crippen LogP contribution < -0.4 is 0 Å². The van der Waals surface area contributed by atoms with Crippen molar-refractivity contribution < 1.29 is 15.3 Å². The number of allylic oxidation sites excluding steroid dienone is 3. The molecule has 0 saturated heterocycles. The number of rotatable bonds is 10. The lowest BCUT2D eigenvalue weighted by Gasteiger charge is -2.26. The van der Waals surface area contributed by atoms with Crippen LogP contribution in [0.4, 0.5) is 0 Å². The molecule has 166 valence electrons. The van der Waals surface area contributed by atoms with Crippen molar-refractivity contribution in [3.05, 3.63) is 65.3 Å². The first kappa shape index (κ1) is 24.6. The topological polar surface area (TPSA) is 60.7 Å². The Labute approximate surface area is 182 Å². The highest BCUT2D eigenvalue weighted by atomic mass is 16.3. The highest BCUT2D eigenvalue weighted by Crippen LogP contribution is 2.29. The van der Waals surface area contributed by atoms with Gasteiger partial charge in [0.05, 0.1) is 17.8 Å². The van der Waals surface area contributed by atoms with Crippen molar-refractivity contribution in [2.45, 2.75) is 96.4 Å². The van der Waals surface area contributed by atoms with E-state index in [9.17, 15) is 15.3 Å². The van der Waals surface area contributed by atoms with Crippen molar-refractivity contribution >= 4 is 5.57 Å². The Morgan fingerprint density at radius 2 is 1.97 bits per heavy atom. The molecule has 30 heavy (non-hydrogen) atoms. The predicted octanol–water partition coefficient (Wildman–Crippen LogP) is 5.74. The lowest BCUT2D eigenvalue weighted by molar-refractivity contribution is 0.0680. The largest absolute Gasteiger partial charge is 0.393 e. The quantitative estimate of drug-likeness (QED) is 0.429. The summed E-state index contributed by atoms with van der Waals surface area (Å²) >= 11 is 0. The van der Waals surface area contributed by atoms with Gasteiger partial charge in [-0.25, -0.2) is 0 Å². The maximum Gasteiger partial charge on any atom is 0.0811 e. The van der Waals surface area contributed by atoms with Crippen molar-refractivity contribution in [1.29, 1.82) is 0 Å². The van der Waals surface area contributed by atoms with Crippen LogP contribution in [0.25, 0.3) is 5.57 Å². The number of aryl methyl sites for hydroxylation is 1. The van der Waals surface area contributed by atoms with E-state index in [1.165, 1.54) is 16.7 Å². The van der Waals surface area contributed by atoms with E-state index in [1.54, 1.807) is 0 Å². The van der Waals surface area contributed by atoms with Crippen molar-refractivity contribution in [3.8, 4) is 0 Å². The van der Waals surface area contributed by atoms with Gasteiger partial charge < -0.3 is 15.3 Å². The van der Waals surface area contributed by atoms with E-state index in [1.807, 2.05) is 19.9 Å². The fraction of sp³-hybridized carbons (Fsp3) is 0.556. The van der Waals surface area contributed by atoms with Gasteiger partial charge in [-0.3, -0.25) is 0 Å². The van der Waals surface area contributed by atoms with Crippen LogP contribution in [0.5, 0.6) is 0 Å². The standard InChI is InChI=1S/C27H40O3/c1-5-10-22(14-15-23-18-25(28)19-26(29)20(23)2)24-13-9-12-21(17-24)11-7-6-8-16-27(3,4)30/h9,12-15,17,25-26,28-30H,2,5-8,10-11,16,18-19H2,1,3-4H3. The average molecular weight is 413 g/mol. The zero-order valence-corrected chi connectivity index (χ0v) is 19.0. The van der Waals surface area contributed by atoms with Crippen molar-refractivity contribution in [1.82, 2.24) is 0 Å². The second kappa shape index (κ2) is 11.6. The van der Waals surface area contributed by atoms with Crippen LogP contribution in [0.1, 0.15) is 83.3 Å². The molecule has 1 saturated carbocycles. The van der Waals surface area contributed by atoms with E-state index >= 15 is 0 Å². The normalized spacial score (nSPS) is 22.0. The Morgan fingerprint density at radius 1 is 1.20 bits per heavy atom. The van der Waals surface area contributed by atoms with E-state index in [-0.39, 0.29) is 0 Å². The Kier molecular flexibility index (Phi) is 9.54. The second-order valence-corrected chi connectivity index (χ2v) is 9.34. The molecule has 3 nitrogen and oxygen atoms in total. The summed E-state index contributed by atoms with van der Waals surface area (Å²) in [6.45, 7) is 9.94. The van der Waals surface area contributed by atoms with Gasteiger partial charge in [-0.2, -0.15) is 0 Å². The molecule has 3 heteroatoms. The fourth-order valence-corrected chi connectivity index (χ4v) is 4.04. The van der Waals surface area contributed by atoms with Gasteiger partial charge in [-0.1, -0.05) is 69.2 Å². The Hall–Kier alpha value is -1.68. The van der Waals surface area contributed by atoms with Crippen LogP contribution in [0, 0.1) is 0 Å². The van der Waals surface area contributed by atoms with Crippen LogP contribution in [0.15, 0.2) is 54.1 Å². The smallest absolute Gasteiger partial charge is 0.0811 e. The van der Waals surface area contributed by atoms with Gasteiger partial charge in [0.1, 0.15) is 0 Å².